The topological polar surface area (TPSA) is 17.8 Å². The smallest absolute Gasteiger partial charge is 0.109 e. The van der Waals surface area contributed by atoms with Crippen LogP contribution in [0.2, 0.25) is 0 Å². The summed E-state index contributed by atoms with van der Waals surface area (Å²) in [6, 6.07) is 0. The minimum absolute atomic E-state index is 0.344. The molecule has 1 aromatic rings. The largest absolute Gasteiger partial charge is 0.270 e. The molecule has 2 nitrogen and oxygen atoms in total. The highest BCUT2D eigenvalue weighted by atomic mass is 19.1. The minimum Gasteiger partial charge on any atom is -0.270 e. The number of alkyl halides is 1. The zero-order valence-electron chi connectivity index (χ0n) is 7.63. The summed E-state index contributed by atoms with van der Waals surface area (Å²) in [5.41, 5.74) is 1.19. The fourth-order valence-electron chi connectivity index (χ4n) is 1.19. The van der Waals surface area contributed by atoms with Crippen molar-refractivity contribution in [3.63, 3.8) is 0 Å². The van der Waals surface area contributed by atoms with Gasteiger partial charge in [-0.1, -0.05) is 13.8 Å². The van der Waals surface area contributed by atoms with E-state index in [1.807, 2.05) is 12.4 Å². The van der Waals surface area contributed by atoms with Gasteiger partial charge >= 0.3 is 0 Å². The molecule has 0 saturated carbocycles. The second kappa shape index (κ2) is 4.24. The molecule has 0 saturated heterocycles. The molecule has 0 aliphatic rings. The number of rotatable bonds is 4. The molecule has 0 bridgehead atoms. The standard InChI is InChI=1S/C9H15FN2/c1-8(2)5-9-6-11-12(7-9)4-3-10/h6-8H,3-5H2,1-2H3. The van der Waals surface area contributed by atoms with Crippen LogP contribution in [-0.2, 0) is 13.0 Å². The predicted octanol–water partition coefficient (Wildman–Crippen LogP) is 2.05. The highest BCUT2D eigenvalue weighted by Crippen LogP contribution is 2.06. The maximum absolute atomic E-state index is 11.9. The van der Waals surface area contributed by atoms with E-state index in [2.05, 4.69) is 18.9 Å². The average molecular weight is 170 g/mol. The third kappa shape index (κ3) is 2.64. The molecular weight excluding hydrogens is 155 g/mol. The van der Waals surface area contributed by atoms with E-state index in [1.165, 1.54) is 5.56 Å². The van der Waals surface area contributed by atoms with E-state index < -0.39 is 0 Å². The van der Waals surface area contributed by atoms with Crippen molar-refractivity contribution in [1.29, 1.82) is 0 Å². The number of nitrogens with zero attached hydrogens (tertiary/aromatic N) is 2. The molecule has 1 rings (SSSR count). The molecule has 0 N–H and O–H groups in total. The average Bonchev–Trinajstić information content (AvgIpc) is 2.36. The SMILES string of the molecule is CC(C)Cc1cnn(CCF)c1. The normalized spacial score (nSPS) is 11.0. The molecule has 0 aliphatic heterocycles. The summed E-state index contributed by atoms with van der Waals surface area (Å²) in [7, 11) is 0. The van der Waals surface area contributed by atoms with E-state index in [0.717, 1.165) is 6.42 Å². The van der Waals surface area contributed by atoms with Gasteiger partial charge in [0.1, 0.15) is 6.67 Å². The molecular formula is C9H15FN2. The van der Waals surface area contributed by atoms with Crippen molar-refractivity contribution >= 4 is 0 Å². The highest BCUT2D eigenvalue weighted by Gasteiger charge is 2.00. The van der Waals surface area contributed by atoms with Gasteiger partial charge in [-0.3, -0.25) is 4.68 Å². The Bertz CT molecular complexity index is 230. The summed E-state index contributed by atoms with van der Waals surface area (Å²) in [5, 5.41) is 4.04. The molecule has 3 heteroatoms. The first-order valence-corrected chi connectivity index (χ1v) is 4.29. The van der Waals surface area contributed by atoms with Crippen LogP contribution in [0.1, 0.15) is 19.4 Å². The monoisotopic (exact) mass is 170 g/mol. The quantitative estimate of drug-likeness (QED) is 0.676. The molecule has 0 aliphatic carbocycles. The fraction of sp³-hybridized carbons (Fsp3) is 0.667. The van der Waals surface area contributed by atoms with Crippen molar-refractivity contribution in [2.24, 2.45) is 5.92 Å². The molecule has 0 fully saturated rings. The molecule has 0 atom stereocenters. The van der Waals surface area contributed by atoms with Crippen LogP contribution in [0.25, 0.3) is 0 Å². The molecule has 68 valence electrons. The number of hydrogen-bond donors (Lipinski definition) is 0. The zero-order valence-corrected chi connectivity index (χ0v) is 7.63. The first-order valence-electron chi connectivity index (χ1n) is 4.29. The third-order valence-electron chi connectivity index (χ3n) is 1.64. The highest BCUT2D eigenvalue weighted by molar-refractivity contribution is 5.04. The van der Waals surface area contributed by atoms with Crippen molar-refractivity contribution in [1.82, 2.24) is 9.78 Å². The van der Waals surface area contributed by atoms with Gasteiger partial charge in [-0.15, -0.1) is 0 Å². The van der Waals surface area contributed by atoms with E-state index in [9.17, 15) is 4.39 Å². The molecule has 1 heterocycles. The van der Waals surface area contributed by atoms with E-state index in [0.29, 0.717) is 12.5 Å². The summed E-state index contributed by atoms with van der Waals surface area (Å²) in [6.45, 7) is 4.35. The van der Waals surface area contributed by atoms with Crippen LogP contribution in [-0.4, -0.2) is 16.5 Å². The van der Waals surface area contributed by atoms with E-state index in [4.69, 9.17) is 0 Å². The second-order valence-corrected chi connectivity index (χ2v) is 3.40. The Morgan fingerprint density at radius 2 is 2.33 bits per heavy atom. The lowest BCUT2D eigenvalue weighted by Gasteiger charge is -1.99. The van der Waals surface area contributed by atoms with Gasteiger partial charge in [-0.05, 0) is 17.9 Å². The van der Waals surface area contributed by atoms with Gasteiger partial charge in [0.15, 0.2) is 0 Å². The van der Waals surface area contributed by atoms with Crippen molar-refractivity contribution in [2.45, 2.75) is 26.8 Å². The minimum atomic E-state index is -0.344. The number of halogens is 1. The third-order valence-corrected chi connectivity index (χ3v) is 1.64. The van der Waals surface area contributed by atoms with Crippen LogP contribution in [0, 0.1) is 5.92 Å². The van der Waals surface area contributed by atoms with Crippen LogP contribution < -0.4 is 0 Å². The lowest BCUT2D eigenvalue weighted by atomic mass is 10.1. The number of aryl methyl sites for hydroxylation is 1. The van der Waals surface area contributed by atoms with Gasteiger partial charge in [-0.2, -0.15) is 5.10 Å². The van der Waals surface area contributed by atoms with Gasteiger partial charge < -0.3 is 0 Å². The Morgan fingerprint density at radius 1 is 1.58 bits per heavy atom. The second-order valence-electron chi connectivity index (χ2n) is 3.40. The summed E-state index contributed by atoms with van der Waals surface area (Å²) in [5.74, 6) is 0.632. The Hall–Kier alpha value is -0.860. The molecule has 0 aromatic carbocycles. The van der Waals surface area contributed by atoms with Crippen LogP contribution >= 0.6 is 0 Å². The van der Waals surface area contributed by atoms with E-state index in [1.54, 1.807) is 4.68 Å². The summed E-state index contributed by atoms with van der Waals surface area (Å²) >= 11 is 0. The maximum Gasteiger partial charge on any atom is 0.109 e. The zero-order chi connectivity index (χ0) is 8.97. The predicted molar refractivity (Wildman–Crippen MR) is 46.7 cm³/mol. The first-order chi connectivity index (χ1) is 5.72. The number of aromatic nitrogens is 2. The number of hydrogen-bond acceptors (Lipinski definition) is 1. The van der Waals surface area contributed by atoms with Gasteiger partial charge in [0, 0.05) is 6.20 Å². The van der Waals surface area contributed by atoms with Gasteiger partial charge in [0.05, 0.1) is 12.7 Å². The van der Waals surface area contributed by atoms with Crippen molar-refractivity contribution < 1.29 is 4.39 Å². The molecule has 0 radical (unpaired) electrons. The lowest BCUT2D eigenvalue weighted by Crippen LogP contribution is -1.99. The molecule has 0 amide bonds. The molecule has 1 aromatic heterocycles. The Balaban J connectivity index is 2.52. The van der Waals surface area contributed by atoms with Crippen molar-refractivity contribution in [2.75, 3.05) is 6.67 Å². The van der Waals surface area contributed by atoms with Gasteiger partial charge in [0.25, 0.3) is 0 Å². The molecule has 0 unspecified atom stereocenters. The summed E-state index contributed by atoms with van der Waals surface area (Å²) in [4.78, 5) is 0. The Morgan fingerprint density at radius 3 is 2.92 bits per heavy atom. The Labute approximate surface area is 72.4 Å². The fourth-order valence-corrected chi connectivity index (χ4v) is 1.19. The Kier molecular flexibility index (Phi) is 3.26. The summed E-state index contributed by atoms with van der Waals surface area (Å²) < 4.78 is 13.5. The van der Waals surface area contributed by atoms with Crippen LogP contribution in [0.4, 0.5) is 4.39 Å². The van der Waals surface area contributed by atoms with Crippen LogP contribution in [0.3, 0.4) is 0 Å². The first kappa shape index (κ1) is 9.23. The van der Waals surface area contributed by atoms with Crippen molar-refractivity contribution in [3.05, 3.63) is 18.0 Å². The lowest BCUT2D eigenvalue weighted by molar-refractivity contribution is 0.427. The van der Waals surface area contributed by atoms with Gasteiger partial charge in [-0.25, -0.2) is 4.39 Å². The van der Waals surface area contributed by atoms with E-state index >= 15 is 0 Å². The summed E-state index contributed by atoms with van der Waals surface area (Å²) in [6.07, 6.45) is 4.75. The molecule has 0 spiro atoms. The van der Waals surface area contributed by atoms with E-state index in [-0.39, 0.29) is 6.67 Å². The van der Waals surface area contributed by atoms with Crippen LogP contribution in [0.5, 0.6) is 0 Å². The van der Waals surface area contributed by atoms with Gasteiger partial charge in [0.2, 0.25) is 0 Å². The molecule has 12 heavy (non-hydrogen) atoms. The van der Waals surface area contributed by atoms with Crippen LogP contribution in [0.15, 0.2) is 12.4 Å². The maximum atomic E-state index is 11.9. The van der Waals surface area contributed by atoms with Crippen molar-refractivity contribution in [3.8, 4) is 0 Å².